The molecule has 0 saturated heterocycles. The molecule has 0 saturated carbocycles. The minimum Gasteiger partial charge on any atom is -0.496 e. The number of hydrogen-bond acceptors (Lipinski definition) is 7. The molecule has 0 radical (unpaired) electrons. The average Bonchev–Trinajstić information content (AvgIpc) is 2.82. The molecule has 1 aliphatic carbocycles. The Bertz CT molecular complexity index is 1230. The van der Waals surface area contributed by atoms with E-state index in [1.807, 2.05) is 24.3 Å². The summed E-state index contributed by atoms with van der Waals surface area (Å²) < 4.78 is 16.3. The molecule has 2 aromatic rings. The van der Waals surface area contributed by atoms with Crippen LogP contribution >= 0.6 is 0 Å². The number of methoxy groups -OCH3 is 1. The summed E-state index contributed by atoms with van der Waals surface area (Å²) in [4.78, 5) is 38.3. The van der Waals surface area contributed by atoms with Crippen LogP contribution in [0.5, 0.6) is 11.5 Å². The van der Waals surface area contributed by atoms with Crippen molar-refractivity contribution >= 4 is 17.7 Å². The maximum atomic E-state index is 13.7. The van der Waals surface area contributed by atoms with Crippen LogP contribution in [0.4, 0.5) is 0 Å². The third kappa shape index (κ3) is 5.05. The highest BCUT2D eigenvalue weighted by molar-refractivity contribution is 6.01. The molecule has 4 rings (SSSR count). The average molecular weight is 490 g/mol. The molecule has 1 N–H and O–H groups in total. The Morgan fingerprint density at radius 1 is 1.06 bits per heavy atom. The number of ketones is 1. The molecule has 1 aliphatic heterocycles. The highest BCUT2D eigenvalue weighted by atomic mass is 16.5. The number of rotatable bonds is 6. The van der Waals surface area contributed by atoms with Gasteiger partial charge in [-0.15, -0.1) is 0 Å². The van der Waals surface area contributed by atoms with Gasteiger partial charge in [-0.25, -0.2) is 0 Å². The molecule has 1 heterocycles. The van der Waals surface area contributed by atoms with Gasteiger partial charge < -0.3 is 19.5 Å². The van der Waals surface area contributed by atoms with Gasteiger partial charge in [0.05, 0.1) is 13.2 Å². The Morgan fingerprint density at radius 2 is 1.75 bits per heavy atom. The summed E-state index contributed by atoms with van der Waals surface area (Å²) >= 11 is 0. The lowest BCUT2D eigenvalue weighted by molar-refractivity contribution is -0.151. The predicted octanol–water partition coefficient (Wildman–Crippen LogP) is 4.79. The fourth-order valence-corrected chi connectivity index (χ4v) is 5.13. The summed E-state index contributed by atoms with van der Waals surface area (Å²) in [5.41, 5.74) is 3.53. The number of allylic oxidation sites excluding steroid dienone is 2. The fourth-order valence-electron chi connectivity index (χ4n) is 5.13. The predicted molar refractivity (Wildman–Crippen MR) is 134 cm³/mol. The summed E-state index contributed by atoms with van der Waals surface area (Å²) in [5.74, 6) is -1.20. The monoisotopic (exact) mass is 489 g/mol. The number of esters is 2. The van der Waals surface area contributed by atoms with Gasteiger partial charge in [-0.05, 0) is 49.6 Å². The molecule has 3 unspecified atom stereocenters. The summed E-state index contributed by atoms with van der Waals surface area (Å²) in [6.07, 6.45) is 0.556. The first-order chi connectivity index (χ1) is 17.2. The van der Waals surface area contributed by atoms with Crippen molar-refractivity contribution < 1.29 is 28.6 Å². The van der Waals surface area contributed by atoms with E-state index in [0.717, 1.165) is 22.6 Å². The Hall–Kier alpha value is -3.87. The molecule has 2 aromatic carbocycles. The Morgan fingerprint density at radius 3 is 2.39 bits per heavy atom. The molecular weight excluding hydrogens is 458 g/mol. The summed E-state index contributed by atoms with van der Waals surface area (Å²) in [6.45, 7) is 9.06. The number of nitrogens with one attached hydrogen (secondary N) is 1. The lowest BCUT2D eigenvalue weighted by atomic mass is 9.69. The molecule has 3 atom stereocenters. The van der Waals surface area contributed by atoms with Gasteiger partial charge in [0.15, 0.2) is 5.78 Å². The first-order valence-electron chi connectivity index (χ1n) is 12.0. The number of hydrogen-bond donors (Lipinski definition) is 1. The van der Waals surface area contributed by atoms with Crippen molar-refractivity contribution in [3.05, 3.63) is 83.2 Å². The molecule has 188 valence electrons. The van der Waals surface area contributed by atoms with E-state index in [9.17, 15) is 14.4 Å². The molecular formula is C29H31NO6. The van der Waals surface area contributed by atoms with Crippen molar-refractivity contribution in [2.24, 2.45) is 5.92 Å². The minimum atomic E-state index is -0.780. The van der Waals surface area contributed by atoms with E-state index in [0.29, 0.717) is 29.9 Å². The lowest BCUT2D eigenvalue weighted by Gasteiger charge is -2.40. The zero-order valence-corrected chi connectivity index (χ0v) is 21.0. The van der Waals surface area contributed by atoms with Crippen molar-refractivity contribution in [2.45, 2.75) is 51.6 Å². The van der Waals surface area contributed by atoms with Gasteiger partial charge >= 0.3 is 11.9 Å². The summed E-state index contributed by atoms with van der Waals surface area (Å²) in [6, 6.07) is 14.6. The first kappa shape index (κ1) is 25.2. The summed E-state index contributed by atoms with van der Waals surface area (Å²) in [7, 11) is 1.62. The van der Waals surface area contributed by atoms with Gasteiger partial charge in [0.2, 0.25) is 0 Å². The topological polar surface area (TPSA) is 90.9 Å². The number of carbonyl (C=O) groups excluding carboxylic acids is 3. The van der Waals surface area contributed by atoms with E-state index in [2.05, 4.69) is 11.9 Å². The maximum absolute atomic E-state index is 13.7. The van der Waals surface area contributed by atoms with Crippen LogP contribution in [0.3, 0.4) is 0 Å². The van der Waals surface area contributed by atoms with E-state index >= 15 is 0 Å². The standard InChI is InChI=1S/C29H31NO6/c1-16(2)35-29(33)26-17(3)30-23-14-20(22-8-6-7-9-25(22)34-5)15-24(32)28(23)27(26)19-10-12-21(13-11-19)36-18(4)31/h6-13,16,20,26-27,30H,3,14-15H2,1-2,4-5H3. The van der Waals surface area contributed by atoms with Gasteiger partial charge in [0.1, 0.15) is 17.4 Å². The molecule has 0 amide bonds. The normalized spacial score (nSPS) is 21.5. The fraction of sp³-hybridized carbons (Fsp3) is 0.345. The van der Waals surface area contributed by atoms with Crippen molar-refractivity contribution in [1.82, 2.24) is 5.32 Å². The van der Waals surface area contributed by atoms with Crippen LogP contribution in [-0.4, -0.2) is 30.9 Å². The Balaban J connectivity index is 1.78. The molecule has 36 heavy (non-hydrogen) atoms. The van der Waals surface area contributed by atoms with Gasteiger partial charge in [-0.1, -0.05) is 36.9 Å². The highest BCUT2D eigenvalue weighted by Gasteiger charge is 2.45. The second-order valence-corrected chi connectivity index (χ2v) is 9.42. The molecule has 0 fully saturated rings. The second-order valence-electron chi connectivity index (χ2n) is 9.42. The number of benzene rings is 2. The smallest absolute Gasteiger partial charge is 0.316 e. The van der Waals surface area contributed by atoms with Crippen LogP contribution < -0.4 is 14.8 Å². The number of para-hydroxylation sites is 1. The third-order valence-corrected chi connectivity index (χ3v) is 6.52. The minimum absolute atomic E-state index is 0.0384. The largest absolute Gasteiger partial charge is 0.496 e. The van der Waals surface area contributed by atoms with Crippen LogP contribution in [0.15, 0.2) is 72.1 Å². The third-order valence-electron chi connectivity index (χ3n) is 6.52. The van der Waals surface area contributed by atoms with E-state index in [1.165, 1.54) is 6.92 Å². The first-order valence-corrected chi connectivity index (χ1v) is 12.0. The maximum Gasteiger partial charge on any atom is 0.316 e. The second kappa shape index (κ2) is 10.4. The van der Waals surface area contributed by atoms with Crippen molar-refractivity contribution in [3.63, 3.8) is 0 Å². The molecule has 0 bridgehead atoms. The Kier molecular flexibility index (Phi) is 7.29. The van der Waals surface area contributed by atoms with Crippen LogP contribution in [0.1, 0.15) is 56.6 Å². The van der Waals surface area contributed by atoms with E-state index in [-0.39, 0.29) is 17.8 Å². The highest BCUT2D eigenvalue weighted by Crippen LogP contribution is 2.48. The van der Waals surface area contributed by atoms with Crippen LogP contribution in [0.25, 0.3) is 0 Å². The van der Waals surface area contributed by atoms with Crippen molar-refractivity contribution in [2.75, 3.05) is 7.11 Å². The number of Topliss-reactive ketones (excluding diaryl/α,β-unsaturated/α-hetero) is 1. The quantitative estimate of drug-likeness (QED) is 0.461. The van der Waals surface area contributed by atoms with Crippen LogP contribution in [0.2, 0.25) is 0 Å². The van der Waals surface area contributed by atoms with E-state index < -0.39 is 23.8 Å². The van der Waals surface area contributed by atoms with Gasteiger partial charge in [0.25, 0.3) is 0 Å². The number of ether oxygens (including phenoxy) is 3. The van der Waals surface area contributed by atoms with E-state index in [1.54, 1.807) is 45.2 Å². The Labute approximate surface area is 211 Å². The lowest BCUT2D eigenvalue weighted by Crippen LogP contribution is -2.42. The molecule has 7 nitrogen and oxygen atoms in total. The molecule has 7 heteroatoms. The zero-order valence-electron chi connectivity index (χ0n) is 21.0. The SMILES string of the molecule is C=C1NC2=C(C(=O)CC(c3ccccc3OC)C2)C(c2ccc(OC(C)=O)cc2)C1C(=O)OC(C)C. The molecule has 0 aromatic heterocycles. The summed E-state index contributed by atoms with van der Waals surface area (Å²) in [5, 5.41) is 3.28. The van der Waals surface area contributed by atoms with Crippen molar-refractivity contribution in [1.29, 1.82) is 0 Å². The number of carbonyl (C=O) groups is 3. The van der Waals surface area contributed by atoms with Gasteiger partial charge in [-0.3, -0.25) is 14.4 Å². The van der Waals surface area contributed by atoms with Crippen LogP contribution in [0, 0.1) is 5.92 Å². The zero-order chi connectivity index (χ0) is 26.0. The van der Waals surface area contributed by atoms with Gasteiger partial charge in [0, 0.05) is 42.1 Å². The van der Waals surface area contributed by atoms with Gasteiger partial charge in [-0.2, -0.15) is 0 Å². The molecule has 0 spiro atoms. The van der Waals surface area contributed by atoms with Crippen molar-refractivity contribution in [3.8, 4) is 11.5 Å². The van der Waals surface area contributed by atoms with Crippen LogP contribution in [-0.2, 0) is 19.1 Å². The molecule has 2 aliphatic rings. The van der Waals surface area contributed by atoms with E-state index in [4.69, 9.17) is 14.2 Å².